The highest BCUT2D eigenvalue weighted by atomic mass is 16.2. The van der Waals surface area contributed by atoms with Gasteiger partial charge < -0.3 is 15.5 Å². The van der Waals surface area contributed by atoms with Gasteiger partial charge in [0.1, 0.15) is 6.04 Å². The fourth-order valence-electron chi connectivity index (χ4n) is 2.80. The third-order valence-corrected chi connectivity index (χ3v) is 4.13. The van der Waals surface area contributed by atoms with Crippen molar-refractivity contribution in [2.75, 3.05) is 31.5 Å². The fraction of sp³-hybridized carbons (Fsp3) is 0.500. The van der Waals surface area contributed by atoms with Crippen LogP contribution >= 0.6 is 0 Å². The van der Waals surface area contributed by atoms with Gasteiger partial charge in [-0.05, 0) is 41.9 Å². The van der Waals surface area contributed by atoms with Crippen LogP contribution in [0.5, 0.6) is 0 Å². The Morgan fingerprint density at radius 2 is 2.12 bits per heavy atom. The predicted molar refractivity (Wildman–Crippen MR) is 90.9 cm³/mol. The van der Waals surface area contributed by atoms with Crippen LogP contribution in [0.25, 0.3) is 5.69 Å². The van der Waals surface area contributed by atoms with E-state index in [9.17, 15) is 4.79 Å². The molecule has 128 valence electrons. The van der Waals surface area contributed by atoms with Crippen molar-refractivity contribution in [3.05, 3.63) is 30.3 Å². The van der Waals surface area contributed by atoms with E-state index < -0.39 is 0 Å². The Balaban J connectivity index is 1.74. The summed E-state index contributed by atoms with van der Waals surface area (Å²) >= 11 is 0. The van der Waals surface area contributed by atoms with Crippen LogP contribution in [0.4, 0.5) is 5.95 Å². The van der Waals surface area contributed by atoms with Gasteiger partial charge in [0.25, 0.3) is 0 Å². The molecule has 24 heavy (non-hydrogen) atoms. The van der Waals surface area contributed by atoms with Crippen molar-refractivity contribution in [3.63, 3.8) is 0 Å². The summed E-state index contributed by atoms with van der Waals surface area (Å²) in [5.74, 6) is 0.582. The van der Waals surface area contributed by atoms with Crippen molar-refractivity contribution in [1.82, 2.24) is 30.4 Å². The lowest BCUT2D eigenvalue weighted by atomic mass is 10.2. The molecule has 1 saturated heterocycles. The number of rotatable bonds is 5. The monoisotopic (exact) mass is 329 g/mol. The molecule has 2 aromatic rings. The van der Waals surface area contributed by atoms with Crippen LogP contribution in [0.15, 0.2) is 30.3 Å². The average molecular weight is 329 g/mol. The van der Waals surface area contributed by atoms with Crippen molar-refractivity contribution >= 4 is 11.9 Å². The van der Waals surface area contributed by atoms with Crippen LogP contribution in [0, 0.1) is 0 Å². The first-order chi connectivity index (χ1) is 11.8. The van der Waals surface area contributed by atoms with Gasteiger partial charge in [0.15, 0.2) is 0 Å². The number of hydrogen-bond donors (Lipinski definition) is 2. The third-order valence-electron chi connectivity index (χ3n) is 4.13. The molecule has 1 unspecified atom stereocenters. The zero-order valence-electron chi connectivity index (χ0n) is 13.9. The number of anilines is 1. The molecule has 2 N–H and O–H groups in total. The van der Waals surface area contributed by atoms with Crippen LogP contribution in [-0.2, 0) is 4.79 Å². The van der Waals surface area contributed by atoms with Gasteiger partial charge in [-0.1, -0.05) is 30.2 Å². The van der Waals surface area contributed by atoms with Crippen molar-refractivity contribution in [2.24, 2.45) is 0 Å². The molecule has 0 saturated carbocycles. The van der Waals surface area contributed by atoms with Crippen LogP contribution in [0.2, 0.25) is 0 Å². The molecule has 0 radical (unpaired) electrons. The lowest BCUT2D eigenvalue weighted by Crippen LogP contribution is -2.44. The topological polar surface area (TPSA) is 88.0 Å². The molecule has 0 aliphatic carbocycles. The normalized spacial score (nSPS) is 16.5. The van der Waals surface area contributed by atoms with Crippen molar-refractivity contribution < 1.29 is 4.79 Å². The Hall–Kier alpha value is -2.48. The number of nitrogens with zero attached hydrogens (tertiary/aromatic N) is 5. The number of nitrogens with one attached hydrogen (secondary N) is 2. The first-order valence-electron chi connectivity index (χ1n) is 8.39. The summed E-state index contributed by atoms with van der Waals surface area (Å²) in [5.41, 5.74) is 0.853. The molecule has 1 aromatic carbocycles. The van der Waals surface area contributed by atoms with E-state index in [0.29, 0.717) is 12.4 Å². The van der Waals surface area contributed by atoms with Crippen LogP contribution in [-0.4, -0.2) is 63.2 Å². The minimum atomic E-state index is -0.337. The summed E-state index contributed by atoms with van der Waals surface area (Å²) in [6.07, 6.45) is 1.65. The van der Waals surface area contributed by atoms with Gasteiger partial charge in [0, 0.05) is 19.6 Å². The lowest BCUT2D eigenvalue weighted by Gasteiger charge is -2.26. The molecule has 0 bridgehead atoms. The number of amides is 1. The predicted octanol–water partition coefficient (Wildman–Crippen LogP) is 0.675. The minimum absolute atomic E-state index is 0.101. The minimum Gasteiger partial charge on any atom is -0.341 e. The average Bonchev–Trinajstić information content (AvgIpc) is 2.91. The third kappa shape index (κ3) is 3.70. The van der Waals surface area contributed by atoms with E-state index in [1.807, 2.05) is 42.2 Å². The van der Waals surface area contributed by atoms with Crippen molar-refractivity contribution in [2.45, 2.75) is 25.8 Å². The molecule has 1 aliphatic heterocycles. The zero-order valence-corrected chi connectivity index (χ0v) is 13.9. The second kappa shape index (κ2) is 7.87. The maximum atomic E-state index is 12.8. The smallest absolute Gasteiger partial charge is 0.248 e. The molecular weight excluding hydrogens is 306 g/mol. The number of tetrazole rings is 1. The van der Waals surface area contributed by atoms with Crippen molar-refractivity contribution in [1.29, 1.82) is 0 Å². The Kier molecular flexibility index (Phi) is 5.37. The standard InChI is InChI=1S/C16H23N7O/c1-2-14(15(24)22-11-6-9-17-10-12-22)18-16-19-20-21-23(16)13-7-4-3-5-8-13/h3-5,7-8,14,17H,2,6,9-12H2,1H3,(H,18,19,21). The molecule has 2 heterocycles. The molecule has 1 amide bonds. The zero-order chi connectivity index (χ0) is 16.8. The number of hydrogen-bond acceptors (Lipinski definition) is 6. The van der Waals surface area contributed by atoms with Gasteiger partial charge in [-0.3, -0.25) is 4.79 Å². The summed E-state index contributed by atoms with van der Waals surface area (Å²) in [6.45, 7) is 5.31. The summed E-state index contributed by atoms with van der Waals surface area (Å²) in [5, 5.41) is 18.3. The Morgan fingerprint density at radius 3 is 2.92 bits per heavy atom. The van der Waals surface area contributed by atoms with E-state index in [0.717, 1.165) is 38.3 Å². The Bertz CT molecular complexity index is 649. The quantitative estimate of drug-likeness (QED) is 0.838. The van der Waals surface area contributed by atoms with E-state index in [2.05, 4.69) is 26.2 Å². The van der Waals surface area contributed by atoms with Crippen LogP contribution in [0.1, 0.15) is 19.8 Å². The summed E-state index contributed by atoms with van der Waals surface area (Å²) in [4.78, 5) is 14.7. The maximum Gasteiger partial charge on any atom is 0.248 e. The van der Waals surface area contributed by atoms with Gasteiger partial charge in [-0.25, -0.2) is 0 Å². The molecule has 3 rings (SSSR count). The highest BCUT2D eigenvalue weighted by molar-refractivity contribution is 5.84. The van der Waals surface area contributed by atoms with E-state index in [4.69, 9.17) is 0 Å². The van der Waals surface area contributed by atoms with E-state index in [-0.39, 0.29) is 11.9 Å². The van der Waals surface area contributed by atoms with Crippen LogP contribution < -0.4 is 10.6 Å². The van der Waals surface area contributed by atoms with E-state index in [1.165, 1.54) is 0 Å². The maximum absolute atomic E-state index is 12.8. The highest BCUT2D eigenvalue weighted by Crippen LogP contribution is 2.13. The van der Waals surface area contributed by atoms with Gasteiger partial charge in [-0.15, -0.1) is 0 Å². The molecule has 1 atom stereocenters. The second-order valence-corrected chi connectivity index (χ2v) is 5.78. The molecule has 0 spiro atoms. The molecule has 1 aliphatic rings. The van der Waals surface area contributed by atoms with Gasteiger partial charge in [-0.2, -0.15) is 4.68 Å². The molecule has 8 nitrogen and oxygen atoms in total. The van der Waals surface area contributed by atoms with Gasteiger partial charge in [0.2, 0.25) is 11.9 Å². The highest BCUT2D eigenvalue weighted by Gasteiger charge is 2.25. The summed E-state index contributed by atoms with van der Waals surface area (Å²) in [7, 11) is 0. The fourth-order valence-corrected chi connectivity index (χ4v) is 2.80. The van der Waals surface area contributed by atoms with Gasteiger partial charge >= 0.3 is 0 Å². The molecular formula is C16H23N7O. The first-order valence-corrected chi connectivity index (χ1v) is 8.39. The second-order valence-electron chi connectivity index (χ2n) is 5.78. The van der Waals surface area contributed by atoms with E-state index >= 15 is 0 Å². The number of carbonyl (C=O) groups excluding carboxylic acids is 1. The molecule has 1 aromatic heterocycles. The Labute approximate surface area is 141 Å². The molecule has 8 heteroatoms. The number of aromatic nitrogens is 4. The SMILES string of the molecule is CCC(Nc1nnnn1-c1ccccc1)C(=O)N1CCCNCC1. The number of para-hydroxylation sites is 1. The molecule has 1 fully saturated rings. The Morgan fingerprint density at radius 1 is 1.29 bits per heavy atom. The largest absolute Gasteiger partial charge is 0.341 e. The number of carbonyl (C=O) groups is 1. The van der Waals surface area contributed by atoms with E-state index in [1.54, 1.807) is 4.68 Å². The van der Waals surface area contributed by atoms with Crippen LogP contribution in [0.3, 0.4) is 0 Å². The summed E-state index contributed by atoms with van der Waals surface area (Å²) in [6, 6.07) is 9.29. The lowest BCUT2D eigenvalue weighted by molar-refractivity contribution is -0.131. The van der Waals surface area contributed by atoms with Gasteiger partial charge in [0.05, 0.1) is 5.69 Å². The van der Waals surface area contributed by atoms with Crippen molar-refractivity contribution in [3.8, 4) is 5.69 Å². The first kappa shape index (κ1) is 16.4. The summed E-state index contributed by atoms with van der Waals surface area (Å²) < 4.78 is 1.61. The number of benzene rings is 1.